The summed E-state index contributed by atoms with van der Waals surface area (Å²) in [5.74, 6) is -0.730. The molecule has 3 rings (SSSR count). The van der Waals surface area contributed by atoms with Gasteiger partial charge in [-0.15, -0.1) is 11.3 Å². The van der Waals surface area contributed by atoms with E-state index in [-0.39, 0.29) is 16.8 Å². The van der Waals surface area contributed by atoms with Gasteiger partial charge in [0.2, 0.25) is 5.91 Å². The number of amides is 1. The number of nitrogens with zero attached hydrogens (tertiary/aromatic N) is 3. The zero-order valence-corrected chi connectivity index (χ0v) is 18.0. The van der Waals surface area contributed by atoms with Crippen molar-refractivity contribution in [2.75, 3.05) is 12.4 Å². The fraction of sp³-hybridized carbons (Fsp3) is 0.471. The van der Waals surface area contributed by atoms with Crippen LogP contribution in [0, 0.1) is 23.0 Å². The smallest absolute Gasteiger partial charge is 0.404 e. The summed E-state index contributed by atoms with van der Waals surface area (Å²) < 4.78 is 6.40. The zero-order valence-electron chi connectivity index (χ0n) is 15.6. The van der Waals surface area contributed by atoms with Gasteiger partial charge in [-0.25, -0.2) is 4.79 Å². The standard InChI is InChI=1S/C17H19BrN4O5S/c1-8-4-5-10-11(6-8)28-16(13(10)17(24)27-3)19-12(23)7-21-9(2)14(18)15(20-21)22(25)26/h8H,4-7H2,1-3H3,(H,19,23)/t8-/m0/s1. The Morgan fingerprint density at radius 1 is 1.50 bits per heavy atom. The second kappa shape index (κ2) is 8.00. The van der Waals surface area contributed by atoms with Crippen LogP contribution in [0.5, 0.6) is 0 Å². The maximum atomic E-state index is 12.6. The van der Waals surface area contributed by atoms with Crippen LogP contribution in [0.3, 0.4) is 0 Å². The number of carbonyl (C=O) groups excluding carboxylic acids is 2. The predicted molar refractivity (Wildman–Crippen MR) is 107 cm³/mol. The average molecular weight is 471 g/mol. The minimum atomic E-state index is -0.616. The lowest BCUT2D eigenvalue weighted by atomic mass is 9.88. The highest BCUT2D eigenvalue weighted by atomic mass is 79.9. The monoisotopic (exact) mass is 470 g/mol. The van der Waals surface area contributed by atoms with Crippen molar-refractivity contribution in [2.45, 2.75) is 39.7 Å². The Morgan fingerprint density at radius 3 is 2.82 bits per heavy atom. The summed E-state index contributed by atoms with van der Waals surface area (Å²) in [6.07, 6.45) is 2.60. The third kappa shape index (κ3) is 3.81. The fourth-order valence-electron chi connectivity index (χ4n) is 3.24. The number of thiophene rings is 1. The van der Waals surface area contributed by atoms with Gasteiger partial charge in [0, 0.05) is 4.88 Å². The number of rotatable bonds is 5. The second-order valence-corrected chi connectivity index (χ2v) is 8.63. The van der Waals surface area contributed by atoms with E-state index >= 15 is 0 Å². The molecule has 0 aliphatic heterocycles. The van der Waals surface area contributed by atoms with E-state index in [0.717, 1.165) is 29.7 Å². The molecule has 9 nitrogen and oxygen atoms in total. The molecule has 1 aliphatic rings. The highest BCUT2D eigenvalue weighted by Gasteiger charge is 2.30. The molecule has 0 saturated carbocycles. The van der Waals surface area contributed by atoms with Gasteiger partial charge in [0.15, 0.2) is 0 Å². The van der Waals surface area contributed by atoms with E-state index < -0.39 is 16.8 Å². The van der Waals surface area contributed by atoms with Gasteiger partial charge in [0.05, 0.1) is 23.5 Å². The first-order chi connectivity index (χ1) is 13.2. The summed E-state index contributed by atoms with van der Waals surface area (Å²) in [7, 11) is 1.31. The molecule has 28 heavy (non-hydrogen) atoms. The Balaban J connectivity index is 1.86. The first-order valence-electron chi connectivity index (χ1n) is 8.62. The molecule has 0 aromatic carbocycles. The lowest BCUT2D eigenvalue weighted by Gasteiger charge is -2.18. The summed E-state index contributed by atoms with van der Waals surface area (Å²) in [5, 5.41) is 18.1. The molecule has 1 N–H and O–H groups in total. The first kappa shape index (κ1) is 20.5. The van der Waals surface area contributed by atoms with E-state index in [0.29, 0.717) is 22.2 Å². The maximum absolute atomic E-state index is 12.6. The molecular weight excluding hydrogens is 452 g/mol. The van der Waals surface area contributed by atoms with E-state index in [9.17, 15) is 19.7 Å². The molecule has 2 aromatic heterocycles. The number of aromatic nitrogens is 2. The highest BCUT2D eigenvalue weighted by Crippen LogP contribution is 2.40. The van der Waals surface area contributed by atoms with Crippen LogP contribution in [0.25, 0.3) is 0 Å². The molecule has 1 atom stereocenters. The van der Waals surface area contributed by atoms with Gasteiger partial charge in [-0.05, 0) is 58.5 Å². The van der Waals surface area contributed by atoms with Crippen molar-refractivity contribution in [2.24, 2.45) is 5.92 Å². The number of esters is 1. The lowest BCUT2D eigenvalue weighted by Crippen LogP contribution is -2.21. The molecule has 2 aromatic rings. The first-order valence-corrected chi connectivity index (χ1v) is 10.2. The number of nitro groups is 1. The molecule has 2 heterocycles. The van der Waals surface area contributed by atoms with Crippen molar-refractivity contribution >= 4 is 50.0 Å². The van der Waals surface area contributed by atoms with Crippen LogP contribution in [-0.2, 0) is 28.9 Å². The van der Waals surface area contributed by atoms with Crippen LogP contribution in [-0.4, -0.2) is 33.7 Å². The molecule has 150 valence electrons. The van der Waals surface area contributed by atoms with Crippen molar-refractivity contribution in [3.8, 4) is 0 Å². The SMILES string of the molecule is COC(=O)c1c(NC(=O)Cn2nc([N+](=O)[O-])c(Br)c2C)sc2c1CC[C@H](C)C2. The van der Waals surface area contributed by atoms with Crippen molar-refractivity contribution < 1.29 is 19.2 Å². The molecule has 0 radical (unpaired) electrons. The second-order valence-electron chi connectivity index (χ2n) is 6.73. The molecule has 0 bridgehead atoms. The van der Waals surface area contributed by atoms with Crippen molar-refractivity contribution in [1.29, 1.82) is 0 Å². The number of carbonyl (C=O) groups is 2. The van der Waals surface area contributed by atoms with Gasteiger partial charge in [-0.3, -0.25) is 4.79 Å². The van der Waals surface area contributed by atoms with Crippen molar-refractivity contribution in [1.82, 2.24) is 9.78 Å². The van der Waals surface area contributed by atoms with Gasteiger partial charge < -0.3 is 20.2 Å². The summed E-state index contributed by atoms with van der Waals surface area (Å²) in [5.41, 5.74) is 1.82. The molecule has 11 heteroatoms. The van der Waals surface area contributed by atoms with Gasteiger partial charge in [-0.2, -0.15) is 4.68 Å². The third-order valence-corrected chi connectivity index (χ3v) is 6.84. The summed E-state index contributed by atoms with van der Waals surface area (Å²) in [4.78, 5) is 36.3. The Bertz CT molecular complexity index is 967. The Labute approximate surface area is 173 Å². The van der Waals surface area contributed by atoms with Crippen LogP contribution < -0.4 is 5.32 Å². The minimum absolute atomic E-state index is 0.210. The molecular formula is C17H19BrN4O5S. The molecule has 0 unspecified atom stereocenters. The van der Waals surface area contributed by atoms with E-state index in [1.54, 1.807) is 6.92 Å². The normalized spacial score (nSPS) is 15.8. The topological polar surface area (TPSA) is 116 Å². The van der Waals surface area contributed by atoms with Crippen LogP contribution in [0.4, 0.5) is 10.8 Å². The third-order valence-electron chi connectivity index (χ3n) is 4.74. The summed E-state index contributed by atoms with van der Waals surface area (Å²) >= 11 is 4.51. The van der Waals surface area contributed by atoms with Gasteiger partial charge in [-0.1, -0.05) is 6.92 Å². The van der Waals surface area contributed by atoms with Crippen molar-refractivity contribution in [3.63, 3.8) is 0 Å². The van der Waals surface area contributed by atoms with Crippen LogP contribution in [0.1, 0.15) is 39.8 Å². The predicted octanol–water partition coefficient (Wildman–Crippen LogP) is 3.47. The maximum Gasteiger partial charge on any atom is 0.404 e. The number of ether oxygens (including phenoxy) is 1. The van der Waals surface area contributed by atoms with E-state index in [4.69, 9.17) is 4.74 Å². The quantitative estimate of drug-likeness (QED) is 0.406. The number of hydrogen-bond donors (Lipinski definition) is 1. The number of halogens is 1. The van der Waals surface area contributed by atoms with Crippen LogP contribution in [0.15, 0.2) is 4.47 Å². The number of fused-ring (bicyclic) bond motifs is 1. The number of hydrogen-bond acceptors (Lipinski definition) is 7. The number of nitrogens with one attached hydrogen (secondary N) is 1. The largest absolute Gasteiger partial charge is 0.465 e. The fourth-order valence-corrected chi connectivity index (χ4v) is 5.08. The minimum Gasteiger partial charge on any atom is -0.465 e. The van der Waals surface area contributed by atoms with E-state index in [1.807, 2.05) is 0 Å². The average Bonchev–Trinajstić information content (AvgIpc) is 3.12. The Hall–Kier alpha value is -2.27. The molecule has 1 amide bonds. The van der Waals surface area contributed by atoms with Gasteiger partial charge >= 0.3 is 11.8 Å². The lowest BCUT2D eigenvalue weighted by molar-refractivity contribution is -0.390. The molecule has 1 aliphatic carbocycles. The van der Waals surface area contributed by atoms with E-state index in [1.165, 1.54) is 23.1 Å². The molecule has 0 fully saturated rings. The highest BCUT2D eigenvalue weighted by molar-refractivity contribution is 9.10. The Morgan fingerprint density at radius 2 is 2.21 bits per heavy atom. The zero-order chi connectivity index (χ0) is 20.6. The molecule has 0 spiro atoms. The van der Waals surface area contributed by atoms with Crippen LogP contribution >= 0.6 is 27.3 Å². The summed E-state index contributed by atoms with van der Waals surface area (Å²) in [6.45, 7) is 3.57. The van der Waals surface area contributed by atoms with Crippen molar-refractivity contribution in [3.05, 3.63) is 36.3 Å². The number of anilines is 1. The van der Waals surface area contributed by atoms with E-state index in [2.05, 4.69) is 33.3 Å². The number of methoxy groups -OCH3 is 1. The summed E-state index contributed by atoms with van der Waals surface area (Å²) in [6, 6.07) is 0. The Kier molecular flexibility index (Phi) is 5.84. The van der Waals surface area contributed by atoms with Crippen LogP contribution in [0.2, 0.25) is 0 Å². The molecule has 0 saturated heterocycles. The van der Waals surface area contributed by atoms with Gasteiger partial charge in [0.25, 0.3) is 0 Å². The van der Waals surface area contributed by atoms with Gasteiger partial charge in [0.1, 0.15) is 16.0 Å².